The molecule has 0 radical (unpaired) electrons. The van der Waals surface area contributed by atoms with E-state index in [9.17, 15) is 20.0 Å². The molecule has 5 nitrogen and oxygen atoms in total. The number of benzene rings is 1. The highest BCUT2D eigenvalue weighted by molar-refractivity contribution is 7.16. The molecule has 0 saturated heterocycles. The number of nitriles is 1. The molecule has 0 bridgehead atoms. The third-order valence-corrected chi connectivity index (χ3v) is 5.44. The number of rotatable bonds is 3. The van der Waals surface area contributed by atoms with Crippen LogP contribution < -0.4 is 5.32 Å². The lowest BCUT2D eigenvalue weighted by Crippen LogP contribution is -2.17. The second kappa shape index (κ2) is 6.63. The first-order chi connectivity index (χ1) is 11.5. The van der Waals surface area contributed by atoms with Crippen molar-refractivity contribution in [3.05, 3.63) is 50.9 Å². The Labute approximate surface area is 147 Å². The maximum absolute atomic E-state index is 12.3. The number of thiophene rings is 1. The van der Waals surface area contributed by atoms with E-state index in [0.29, 0.717) is 27.6 Å². The Morgan fingerprint density at radius 2 is 2.04 bits per heavy atom. The molecule has 0 spiro atoms. The average molecular weight is 361 g/mol. The van der Waals surface area contributed by atoms with E-state index in [4.69, 9.17) is 11.6 Å². The Balaban J connectivity index is 1.95. The summed E-state index contributed by atoms with van der Waals surface area (Å²) in [5.74, 6) is -1.96. The quantitative estimate of drug-likeness (QED) is 0.864. The van der Waals surface area contributed by atoms with Crippen LogP contribution in [0, 0.1) is 11.3 Å². The van der Waals surface area contributed by atoms with Crippen LogP contribution in [0.2, 0.25) is 5.02 Å². The molecule has 7 heteroatoms. The fourth-order valence-corrected chi connectivity index (χ4v) is 4.25. The van der Waals surface area contributed by atoms with Crippen molar-refractivity contribution in [2.45, 2.75) is 25.2 Å². The van der Waals surface area contributed by atoms with Crippen molar-refractivity contribution in [1.82, 2.24) is 0 Å². The zero-order chi connectivity index (χ0) is 17.3. The fraction of sp³-hybridized carbons (Fsp3) is 0.235. The van der Waals surface area contributed by atoms with E-state index < -0.39 is 11.9 Å². The number of carboxylic acids is 1. The average Bonchev–Trinajstić information content (AvgIpc) is 2.92. The minimum Gasteiger partial charge on any atom is -0.481 e. The first-order valence-electron chi connectivity index (χ1n) is 7.36. The van der Waals surface area contributed by atoms with Gasteiger partial charge >= 0.3 is 5.97 Å². The summed E-state index contributed by atoms with van der Waals surface area (Å²) in [6.45, 7) is 0. The lowest BCUT2D eigenvalue weighted by molar-refractivity contribution is -0.139. The molecule has 0 aliphatic heterocycles. The zero-order valence-electron chi connectivity index (χ0n) is 12.5. The molecule has 1 aliphatic rings. The van der Waals surface area contributed by atoms with E-state index in [0.717, 1.165) is 17.7 Å². The van der Waals surface area contributed by atoms with Crippen molar-refractivity contribution >= 4 is 39.8 Å². The lowest BCUT2D eigenvalue weighted by Gasteiger charge is -2.18. The van der Waals surface area contributed by atoms with Crippen molar-refractivity contribution in [2.75, 3.05) is 5.32 Å². The molecule has 1 heterocycles. The number of aryl methyl sites for hydroxylation is 1. The molecule has 2 aromatic rings. The molecule has 1 aromatic heterocycles. The number of halogens is 1. The topological polar surface area (TPSA) is 90.2 Å². The number of carbonyl (C=O) groups excluding carboxylic acids is 1. The van der Waals surface area contributed by atoms with Gasteiger partial charge in [0.05, 0.1) is 11.5 Å². The molecule has 1 atom stereocenters. The highest BCUT2D eigenvalue weighted by atomic mass is 35.5. The monoisotopic (exact) mass is 360 g/mol. The van der Waals surface area contributed by atoms with Crippen molar-refractivity contribution in [3.63, 3.8) is 0 Å². The predicted molar refractivity (Wildman–Crippen MR) is 91.8 cm³/mol. The molecule has 1 aromatic carbocycles. The summed E-state index contributed by atoms with van der Waals surface area (Å²) < 4.78 is 0. The lowest BCUT2D eigenvalue weighted by atomic mass is 9.85. The number of anilines is 1. The van der Waals surface area contributed by atoms with Gasteiger partial charge in [0.2, 0.25) is 0 Å². The Morgan fingerprint density at radius 3 is 2.67 bits per heavy atom. The predicted octanol–water partition coefficient (Wildman–Crippen LogP) is 4.03. The molecule has 0 fully saturated rings. The molecule has 1 aliphatic carbocycles. The van der Waals surface area contributed by atoms with Crippen LogP contribution in [0.5, 0.6) is 0 Å². The van der Waals surface area contributed by atoms with E-state index >= 15 is 0 Å². The number of carbonyl (C=O) groups is 2. The Bertz CT molecular complexity index is 852. The Kier molecular flexibility index (Phi) is 4.56. The van der Waals surface area contributed by atoms with Crippen LogP contribution in [0.3, 0.4) is 0 Å². The molecule has 3 rings (SSSR count). The van der Waals surface area contributed by atoms with E-state index in [-0.39, 0.29) is 11.5 Å². The molecule has 1 unspecified atom stereocenters. The number of hydrogen-bond donors (Lipinski definition) is 2. The zero-order valence-corrected chi connectivity index (χ0v) is 14.1. The third kappa shape index (κ3) is 3.01. The van der Waals surface area contributed by atoms with Gasteiger partial charge in [0.15, 0.2) is 0 Å². The van der Waals surface area contributed by atoms with E-state index in [1.54, 1.807) is 24.3 Å². The van der Waals surface area contributed by atoms with Gasteiger partial charge in [-0.15, -0.1) is 11.3 Å². The molecule has 24 heavy (non-hydrogen) atoms. The highest BCUT2D eigenvalue weighted by Gasteiger charge is 2.33. The Hall–Kier alpha value is -2.36. The smallest absolute Gasteiger partial charge is 0.311 e. The summed E-state index contributed by atoms with van der Waals surface area (Å²) >= 11 is 7.10. The van der Waals surface area contributed by atoms with Gasteiger partial charge in [-0.25, -0.2) is 0 Å². The molecule has 0 saturated carbocycles. The SMILES string of the molecule is N#Cc1c(NC(=O)c2ccc(Cl)cc2)sc2c1C(C(=O)O)CCC2. The van der Waals surface area contributed by atoms with Gasteiger partial charge in [0.25, 0.3) is 5.91 Å². The number of aliphatic carboxylic acids is 1. The van der Waals surface area contributed by atoms with Crippen LogP contribution >= 0.6 is 22.9 Å². The fourth-order valence-electron chi connectivity index (χ4n) is 2.88. The van der Waals surface area contributed by atoms with E-state index in [2.05, 4.69) is 11.4 Å². The summed E-state index contributed by atoms with van der Waals surface area (Å²) in [6.07, 6.45) is 2.01. The van der Waals surface area contributed by atoms with Crippen LogP contribution in [0.15, 0.2) is 24.3 Å². The molecule has 2 N–H and O–H groups in total. The van der Waals surface area contributed by atoms with Crippen LogP contribution in [-0.4, -0.2) is 17.0 Å². The van der Waals surface area contributed by atoms with Gasteiger partial charge < -0.3 is 10.4 Å². The van der Waals surface area contributed by atoms with Crippen LogP contribution in [0.1, 0.15) is 45.1 Å². The van der Waals surface area contributed by atoms with Crippen molar-refractivity contribution in [2.24, 2.45) is 0 Å². The van der Waals surface area contributed by atoms with E-state index in [1.807, 2.05) is 0 Å². The van der Waals surface area contributed by atoms with Crippen LogP contribution in [0.4, 0.5) is 5.00 Å². The molecule has 122 valence electrons. The maximum Gasteiger partial charge on any atom is 0.311 e. The molecule has 1 amide bonds. The van der Waals surface area contributed by atoms with Crippen LogP contribution in [-0.2, 0) is 11.2 Å². The second-order valence-electron chi connectivity index (χ2n) is 5.50. The Morgan fingerprint density at radius 1 is 1.33 bits per heavy atom. The van der Waals surface area contributed by atoms with E-state index in [1.165, 1.54) is 11.3 Å². The van der Waals surface area contributed by atoms with Gasteiger partial charge in [-0.05, 0) is 43.5 Å². The third-order valence-electron chi connectivity index (χ3n) is 4.01. The van der Waals surface area contributed by atoms with Gasteiger partial charge in [-0.3, -0.25) is 9.59 Å². The second-order valence-corrected chi connectivity index (χ2v) is 7.04. The minimum atomic E-state index is -0.930. The van der Waals surface area contributed by atoms with Crippen LogP contribution in [0.25, 0.3) is 0 Å². The number of nitrogens with zero attached hydrogens (tertiary/aromatic N) is 1. The van der Waals surface area contributed by atoms with Gasteiger partial charge in [-0.2, -0.15) is 5.26 Å². The largest absolute Gasteiger partial charge is 0.481 e. The maximum atomic E-state index is 12.3. The molecular formula is C17H13ClN2O3S. The number of nitrogens with one attached hydrogen (secondary N) is 1. The standard InChI is InChI=1S/C17H13ClN2O3S/c18-10-6-4-9(5-7-10)15(21)20-16-12(8-19)14-11(17(22)23)2-1-3-13(14)24-16/h4-7,11H,1-3H2,(H,20,21)(H,22,23). The van der Waals surface area contributed by atoms with Gasteiger partial charge in [0, 0.05) is 21.0 Å². The molecular weight excluding hydrogens is 348 g/mol. The first kappa shape index (κ1) is 16.5. The summed E-state index contributed by atoms with van der Waals surface area (Å²) in [5.41, 5.74) is 1.25. The van der Waals surface area contributed by atoms with Crippen molar-refractivity contribution < 1.29 is 14.7 Å². The summed E-state index contributed by atoms with van der Waals surface area (Å²) in [6, 6.07) is 8.48. The number of amides is 1. The normalized spacial score (nSPS) is 16.1. The van der Waals surface area contributed by atoms with Crippen molar-refractivity contribution in [3.8, 4) is 6.07 Å². The minimum absolute atomic E-state index is 0.268. The number of fused-ring (bicyclic) bond motifs is 1. The summed E-state index contributed by atoms with van der Waals surface area (Å²) in [5, 5.41) is 22.5. The van der Waals surface area contributed by atoms with Crippen molar-refractivity contribution in [1.29, 1.82) is 5.26 Å². The van der Waals surface area contributed by atoms with Gasteiger partial charge in [-0.1, -0.05) is 11.6 Å². The summed E-state index contributed by atoms with van der Waals surface area (Å²) in [7, 11) is 0. The summed E-state index contributed by atoms with van der Waals surface area (Å²) in [4.78, 5) is 24.7. The highest BCUT2D eigenvalue weighted by Crippen LogP contribution is 2.43. The number of hydrogen-bond acceptors (Lipinski definition) is 4. The number of carboxylic acid groups (broad SMARTS) is 1. The van der Waals surface area contributed by atoms with Gasteiger partial charge in [0.1, 0.15) is 11.1 Å². The first-order valence-corrected chi connectivity index (χ1v) is 8.56.